The van der Waals surface area contributed by atoms with Crippen molar-refractivity contribution in [1.82, 2.24) is 5.32 Å². The Hall–Kier alpha value is -3.35. The molecule has 3 aromatic carbocycles. The Morgan fingerprint density at radius 1 is 0.969 bits per heavy atom. The van der Waals surface area contributed by atoms with E-state index in [1.807, 2.05) is 48.5 Å². The van der Waals surface area contributed by atoms with Crippen LogP contribution in [0.15, 0.2) is 72.8 Å². The Balaban J connectivity index is 1.21. The number of hydrogen-bond acceptors (Lipinski definition) is 5. The van der Waals surface area contributed by atoms with Gasteiger partial charge in [0.1, 0.15) is 12.4 Å². The van der Waals surface area contributed by atoms with Crippen LogP contribution in [0.5, 0.6) is 5.75 Å². The zero-order valence-electron chi connectivity index (χ0n) is 18.0. The topological polar surface area (TPSA) is 77.0 Å². The van der Waals surface area contributed by atoms with Gasteiger partial charge in [-0.25, -0.2) is 4.79 Å². The molecule has 0 aromatic heterocycles. The summed E-state index contributed by atoms with van der Waals surface area (Å²) in [6.45, 7) is 0.769. The third-order valence-corrected chi connectivity index (χ3v) is 5.56. The highest BCUT2D eigenvalue weighted by Gasteiger charge is 2.29. The van der Waals surface area contributed by atoms with E-state index in [9.17, 15) is 9.90 Å². The van der Waals surface area contributed by atoms with Crippen molar-refractivity contribution >= 4 is 6.09 Å². The van der Waals surface area contributed by atoms with Crippen LogP contribution in [0.4, 0.5) is 4.79 Å². The lowest BCUT2D eigenvalue weighted by Gasteiger charge is -2.16. The molecule has 1 unspecified atom stereocenters. The van der Waals surface area contributed by atoms with Crippen molar-refractivity contribution < 1.29 is 24.1 Å². The lowest BCUT2D eigenvalue weighted by Crippen LogP contribution is -2.35. The summed E-state index contributed by atoms with van der Waals surface area (Å²) in [5, 5.41) is 12.7. The first-order valence-corrected chi connectivity index (χ1v) is 10.6. The van der Waals surface area contributed by atoms with Crippen LogP contribution < -0.4 is 10.1 Å². The van der Waals surface area contributed by atoms with E-state index in [2.05, 4.69) is 29.6 Å². The van der Waals surface area contributed by atoms with E-state index in [1.165, 1.54) is 11.1 Å². The zero-order chi connectivity index (χ0) is 22.3. The molecule has 32 heavy (non-hydrogen) atoms. The van der Waals surface area contributed by atoms with Gasteiger partial charge in [0, 0.05) is 12.5 Å². The minimum atomic E-state index is -0.825. The van der Waals surface area contributed by atoms with Gasteiger partial charge in [-0.1, -0.05) is 60.7 Å². The molecule has 166 valence electrons. The van der Waals surface area contributed by atoms with Gasteiger partial charge < -0.3 is 24.6 Å². The molecular weight excluding hydrogens is 406 g/mol. The van der Waals surface area contributed by atoms with Crippen LogP contribution in [0, 0.1) is 0 Å². The van der Waals surface area contributed by atoms with Crippen molar-refractivity contribution in [3.63, 3.8) is 0 Å². The minimum absolute atomic E-state index is 0.00547. The van der Waals surface area contributed by atoms with E-state index in [0.717, 1.165) is 22.4 Å². The number of alkyl carbamates (subject to hydrolysis) is 1. The van der Waals surface area contributed by atoms with E-state index in [-0.39, 0.29) is 25.7 Å². The monoisotopic (exact) mass is 433 g/mol. The summed E-state index contributed by atoms with van der Waals surface area (Å²) in [6.07, 6.45) is -1.38. The maximum atomic E-state index is 12.2. The molecule has 1 aliphatic rings. The first-order valence-electron chi connectivity index (χ1n) is 10.6. The van der Waals surface area contributed by atoms with E-state index in [4.69, 9.17) is 14.2 Å². The average molecular weight is 434 g/mol. The fraction of sp³-hybridized carbons (Fsp3) is 0.269. The second-order valence-corrected chi connectivity index (χ2v) is 7.72. The molecule has 0 heterocycles. The van der Waals surface area contributed by atoms with Crippen molar-refractivity contribution in [2.45, 2.75) is 18.6 Å². The van der Waals surface area contributed by atoms with Gasteiger partial charge in [-0.15, -0.1) is 0 Å². The molecule has 0 saturated heterocycles. The van der Waals surface area contributed by atoms with Crippen molar-refractivity contribution in [3.05, 3.63) is 89.5 Å². The standard InChI is InChI=1S/C26H27NO5/c1-30-20-12-10-18(11-13-20)15-31-16-19(28)14-27-26(29)32-17-25-23-8-4-2-6-21(23)22-7-3-5-9-24(22)25/h2-13,19,25,28H,14-17H2,1H3,(H,27,29). The number of ether oxygens (including phenoxy) is 3. The molecule has 0 radical (unpaired) electrons. The molecule has 6 heteroatoms. The lowest BCUT2D eigenvalue weighted by molar-refractivity contribution is 0.0282. The van der Waals surface area contributed by atoms with E-state index >= 15 is 0 Å². The average Bonchev–Trinajstić information content (AvgIpc) is 3.15. The Bertz CT molecular complexity index is 1000. The summed E-state index contributed by atoms with van der Waals surface area (Å²) in [7, 11) is 1.62. The number of fused-ring (bicyclic) bond motifs is 3. The van der Waals surface area contributed by atoms with Crippen LogP contribution in [-0.4, -0.2) is 44.2 Å². The van der Waals surface area contributed by atoms with Crippen molar-refractivity contribution in [2.75, 3.05) is 26.9 Å². The molecule has 1 amide bonds. The van der Waals surface area contributed by atoms with Crippen LogP contribution >= 0.6 is 0 Å². The van der Waals surface area contributed by atoms with Crippen molar-refractivity contribution in [2.24, 2.45) is 0 Å². The second kappa shape index (κ2) is 10.3. The molecular formula is C26H27NO5. The minimum Gasteiger partial charge on any atom is -0.497 e. The summed E-state index contributed by atoms with van der Waals surface area (Å²) in [6, 6.07) is 23.9. The highest BCUT2D eigenvalue weighted by atomic mass is 16.5. The number of benzene rings is 3. The van der Waals surface area contributed by atoms with Crippen molar-refractivity contribution in [1.29, 1.82) is 0 Å². The molecule has 0 bridgehead atoms. The normalized spacial score (nSPS) is 13.2. The number of carbonyl (C=O) groups excluding carboxylic acids is 1. The van der Waals surface area contributed by atoms with Gasteiger partial charge in [0.15, 0.2) is 0 Å². The molecule has 3 aromatic rings. The Labute approximate surface area is 187 Å². The molecule has 0 saturated carbocycles. The van der Waals surface area contributed by atoms with Gasteiger partial charge in [-0.2, -0.15) is 0 Å². The Morgan fingerprint density at radius 3 is 2.22 bits per heavy atom. The predicted octanol–water partition coefficient (Wildman–Crippen LogP) is 4.11. The molecule has 4 rings (SSSR count). The SMILES string of the molecule is COc1ccc(COCC(O)CNC(=O)OCC2c3ccccc3-c3ccccc32)cc1. The molecule has 0 fully saturated rings. The summed E-state index contributed by atoms with van der Waals surface area (Å²) < 4.78 is 16.1. The summed E-state index contributed by atoms with van der Waals surface area (Å²) >= 11 is 0. The van der Waals surface area contributed by atoms with Gasteiger partial charge >= 0.3 is 6.09 Å². The summed E-state index contributed by atoms with van der Waals surface area (Å²) in [5.74, 6) is 0.784. The fourth-order valence-corrected chi connectivity index (χ4v) is 3.94. The maximum absolute atomic E-state index is 12.2. The number of nitrogens with one attached hydrogen (secondary N) is 1. The zero-order valence-corrected chi connectivity index (χ0v) is 18.0. The molecule has 0 spiro atoms. The number of aliphatic hydroxyl groups is 1. The molecule has 1 atom stereocenters. The lowest BCUT2D eigenvalue weighted by atomic mass is 9.98. The molecule has 2 N–H and O–H groups in total. The third kappa shape index (κ3) is 5.10. The van der Waals surface area contributed by atoms with Gasteiger partial charge in [0.25, 0.3) is 0 Å². The highest BCUT2D eigenvalue weighted by molar-refractivity contribution is 5.79. The number of carbonyl (C=O) groups is 1. The fourth-order valence-electron chi connectivity index (χ4n) is 3.94. The first-order chi connectivity index (χ1) is 15.7. The largest absolute Gasteiger partial charge is 0.497 e. The number of hydrogen-bond donors (Lipinski definition) is 2. The third-order valence-electron chi connectivity index (χ3n) is 5.56. The number of aliphatic hydroxyl groups excluding tert-OH is 1. The van der Waals surface area contributed by atoms with Gasteiger partial charge in [0.05, 0.1) is 26.4 Å². The van der Waals surface area contributed by atoms with E-state index < -0.39 is 12.2 Å². The van der Waals surface area contributed by atoms with E-state index in [1.54, 1.807) is 7.11 Å². The van der Waals surface area contributed by atoms with Gasteiger partial charge in [-0.3, -0.25) is 0 Å². The van der Waals surface area contributed by atoms with Crippen LogP contribution in [0.1, 0.15) is 22.6 Å². The van der Waals surface area contributed by atoms with Crippen LogP contribution in [0.25, 0.3) is 11.1 Å². The summed E-state index contributed by atoms with van der Waals surface area (Å²) in [4.78, 5) is 12.2. The van der Waals surface area contributed by atoms with Crippen LogP contribution in [-0.2, 0) is 16.1 Å². The van der Waals surface area contributed by atoms with Crippen molar-refractivity contribution in [3.8, 4) is 16.9 Å². The van der Waals surface area contributed by atoms with Crippen LogP contribution in [0.2, 0.25) is 0 Å². The molecule has 6 nitrogen and oxygen atoms in total. The van der Waals surface area contributed by atoms with Gasteiger partial charge in [0.2, 0.25) is 0 Å². The number of rotatable bonds is 9. The quantitative estimate of drug-likeness (QED) is 0.531. The van der Waals surface area contributed by atoms with Crippen LogP contribution in [0.3, 0.4) is 0 Å². The number of methoxy groups -OCH3 is 1. The maximum Gasteiger partial charge on any atom is 0.407 e. The summed E-state index contributed by atoms with van der Waals surface area (Å²) in [5.41, 5.74) is 5.66. The van der Waals surface area contributed by atoms with E-state index in [0.29, 0.717) is 6.61 Å². The second-order valence-electron chi connectivity index (χ2n) is 7.72. The first kappa shape index (κ1) is 21.9. The van der Waals surface area contributed by atoms with Gasteiger partial charge in [-0.05, 0) is 39.9 Å². The predicted molar refractivity (Wildman–Crippen MR) is 122 cm³/mol. The highest BCUT2D eigenvalue weighted by Crippen LogP contribution is 2.44. The Morgan fingerprint density at radius 2 is 1.59 bits per heavy atom. The smallest absolute Gasteiger partial charge is 0.407 e. The molecule has 1 aliphatic carbocycles. The number of amides is 1. The molecule has 0 aliphatic heterocycles. The Kier molecular flexibility index (Phi) is 7.04.